The van der Waals surface area contributed by atoms with Gasteiger partial charge in [-0.3, -0.25) is 9.13 Å². The third-order valence-electron chi connectivity index (χ3n) is 0.245. The first-order valence-corrected chi connectivity index (χ1v) is 4.92. The summed E-state index contributed by atoms with van der Waals surface area (Å²) in [4.78, 5) is 7.81. The van der Waals surface area contributed by atoms with Crippen LogP contribution in [-0.4, -0.2) is 10.2 Å². The highest BCUT2D eigenvalue weighted by Crippen LogP contribution is 2.34. The Morgan fingerprint density at radius 1 is 1.30 bits per heavy atom. The maximum absolute atomic E-state index is 9.78. The molecule has 0 amide bonds. The van der Waals surface area contributed by atoms with E-state index in [9.17, 15) is 9.13 Å². The average Bonchev–Trinajstić information content (AvgIpc) is 1.91. The van der Waals surface area contributed by atoms with Gasteiger partial charge in [0.25, 0.3) is 0 Å². The molecule has 0 aromatic heterocycles. The van der Waals surface area contributed by atoms with Crippen LogP contribution in [0.1, 0.15) is 13.8 Å². The van der Waals surface area contributed by atoms with Crippen LogP contribution in [0, 0.1) is 0 Å². The molecule has 0 bridgehead atoms. The predicted molar refractivity (Wildman–Crippen MR) is 36.4 cm³/mol. The van der Waals surface area contributed by atoms with Crippen molar-refractivity contribution in [2.75, 3.05) is 0 Å². The molecule has 0 aromatic carbocycles. The van der Waals surface area contributed by atoms with Crippen LogP contribution in [0.15, 0.2) is 0 Å². The van der Waals surface area contributed by atoms with Crippen LogP contribution >= 0.6 is 16.5 Å². The minimum absolute atomic E-state index is 2.00. The van der Waals surface area contributed by atoms with E-state index in [4.69, 9.17) is 10.2 Å². The summed E-state index contributed by atoms with van der Waals surface area (Å²) in [6, 6.07) is 0. The molecule has 0 saturated heterocycles. The van der Waals surface area contributed by atoms with Crippen LogP contribution in [-0.2, 0) is 18.1 Å². The van der Waals surface area contributed by atoms with Gasteiger partial charge in [-0.25, -0.2) is 9.57 Å². The fourth-order valence-electron chi connectivity index (χ4n) is 0.0899. The van der Waals surface area contributed by atoms with Crippen molar-refractivity contribution >= 4 is 16.5 Å². The Balaban J connectivity index is 0. The minimum Gasteiger partial charge on any atom is -0.326 e. The van der Waals surface area contributed by atoms with Gasteiger partial charge < -0.3 is 4.89 Å². The SMILES string of the molecule is CC.O=[PH](O)O[PH](=O)OO. The molecule has 0 saturated carbocycles. The van der Waals surface area contributed by atoms with Gasteiger partial charge in [0.15, 0.2) is 0 Å². The van der Waals surface area contributed by atoms with Gasteiger partial charge in [-0.15, -0.1) is 0 Å². The topological polar surface area (TPSA) is 93.1 Å². The van der Waals surface area contributed by atoms with E-state index in [1.54, 1.807) is 0 Å². The Labute approximate surface area is 59.6 Å². The van der Waals surface area contributed by atoms with E-state index in [0.29, 0.717) is 0 Å². The highest BCUT2D eigenvalue weighted by atomic mass is 31.2. The standard InChI is InChI=1S/C2H6.H4O6P2/c1-2;1-5-8(4)6-7(2)3/h1-2H3;1,7-8H,(H,2,3). The van der Waals surface area contributed by atoms with Crippen molar-refractivity contribution in [1.29, 1.82) is 0 Å². The molecule has 0 aliphatic rings. The first-order chi connectivity index (χ1) is 4.66. The predicted octanol–water partition coefficient (Wildman–Crippen LogP) is 1.29. The number of rotatable bonds is 3. The molecule has 0 rings (SSSR count). The van der Waals surface area contributed by atoms with Crippen LogP contribution in [0.4, 0.5) is 0 Å². The molecule has 8 heteroatoms. The Bertz CT molecular complexity index is 112. The maximum Gasteiger partial charge on any atom is 0.353 e. The molecule has 6 nitrogen and oxygen atoms in total. The fraction of sp³-hybridized carbons (Fsp3) is 1.00. The summed E-state index contributed by atoms with van der Waals surface area (Å²) < 4.78 is 26.0. The first-order valence-electron chi connectivity index (χ1n) is 2.43. The molecule has 2 N–H and O–H groups in total. The van der Waals surface area contributed by atoms with Crippen LogP contribution in [0.25, 0.3) is 0 Å². The maximum atomic E-state index is 9.78. The summed E-state index contributed by atoms with van der Waals surface area (Å²) in [7, 11) is -6.39. The molecule has 0 fully saturated rings. The summed E-state index contributed by atoms with van der Waals surface area (Å²) >= 11 is 0. The summed E-state index contributed by atoms with van der Waals surface area (Å²) in [6.45, 7) is 4.00. The Morgan fingerprint density at radius 2 is 1.70 bits per heavy atom. The molecule has 0 spiro atoms. The summed E-state index contributed by atoms with van der Waals surface area (Å²) in [5.74, 6) is 0. The smallest absolute Gasteiger partial charge is 0.326 e. The van der Waals surface area contributed by atoms with Gasteiger partial charge in [0.2, 0.25) is 0 Å². The summed E-state index contributed by atoms with van der Waals surface area (Å²) in [5, 5.41) is 7.46. The van der Waals surface area contributed by atoms with E-state index < -0.39 is 16.5 Å². The van der Waals surface area contributed by atoms with Crippen molar-refractivity contribution in [3.05, 3.63) is 0 Å². The molecule has 0 aromatic rings. The van der Waals surface area contributed by atoms with Gasteiger partial charge in [0, 0.05) is 0 Å². The normalized spacial score (nSPS) is 14.8. The molecule has 2 unspecified atom stereocenters. The van der Waals surface area contributed by atoms with Gasteiger partial charge in [0.1, 0.15) is 0 Å². The molecule has 0 aliphatic heterocycles. The van der Waals surface area contributed by atoms with Gasteiger partial charge in [-0.05, 0) is 0 Å². The molecule has 0 heterocycles. The lowest BCUT2D eigenvalue weighted by atomic mass is 11.0. The largest absolute Gasteiger partial charge is 0.353 e. The second-order valence-electron chi connectivity index (χ2n) is 0.709. The quantitative estimate of drug-likeness (QED) is 0.397. The van der Waals surface area contributed by atoms with E-state index in [1.807, 2.05) is 13.8 Å². The fourth-order valence-corrected chi connectivity index (χ4v) is 0.809. The van der Waals surface area contributed by atoms with Crippen molar-refractivity contribution in [2.24, 2.45) is 0 Å². The Morgan fingerprint density at radius 3 is 1.80 bits per heavy atom. The second-order valence-corrected chi connectivity index (χ2v) is 2.74. The Hall–Kier alpha value is 0.300. The highest BCUT2D eigenvalue weighted by Gasteiger charge is 1.99. The molecule has 2 atom stereocenters. The lowest BCUT2D eigenvalue weighted by molar-refractivity contribution is -0.137. The van der Waals surface area contributed by atoms with Gasteiger partial charge >= 0.3 is 16.5 Å². The Kier molecular flexibility index (Phi) is 12.0. The van der Waals surface area contributed by atoms with Crippen molar-refractivity contribution in [1.82, 2.24) is 0 Å². The lowest BCUT2D eigenvalue weighted by Crippen LogP contribution is -1.67. The monoisotopic (exact) mass is 192 g/mol. The van der Waals surface area contributed by atoms with Crippen molar-refractivity contribution in [3.63, 3.8) is 0 Å². The van der Waals surface area contributed by atoms with Crippen LogP contribution < -0.4 is 0 Å². The first kappa shape index (κ1) is 12.9. The molecule has 0 radical (unpaired) electrons. The number of hydrogen-bond donors (Lipinski definition) is 2. The third-order valence-corrected chi connectivity index (χ3v) is 1.76. The number of hydrogen-bond acceptors (Lipinski definition) is 5. The molecule has 0 aliphatic carbocycles. The zero-order chi connectivity index (χ0) is 8.57. The van der Waals surface area contributed by atoms with Gasteiger partial charge in [-0.1, -0.05) is 13.8 Å². The molecule has 64 valence electrons. The van der Waals surface area contributed by atoms with Crippen LogP contribution in [0.3, 0.4) is 0 Å². The van der Waals surface area contributed by atoms with Gasteiger partial charge in [-0.2, -0.15) is 4.67 Å². The van der Waals surface area contributed by atoms with Crippen LogP contribution in [0.2, 0.25) is 0 Å². The van der Waals surface area contributed by atoms with Gasteiger partial charge in [0.05, 0.1) is 0 Å². The highest BCUT2D eigenvalue weighted by molar-refractivity contribution is 7.46. The van der Waals surface area contributed by atoms with Crippen molar-refractivity contribution in [2.45, 2.75) is 13.8 Å². The summed E-state index contributed by atoms with van der Waals surface area (Å²) in [5.41, 5.74) is 0. The molecule has 10 heavy (non-hydrogen) atoms. The van der Waals surface area contributed by atoms with E-state index >= 15 is 0 Å². The van der Waals surface area contributed by atoms with Crippen molar-refractivity contribution < 1.29 is 28.3 Å². The zero-order valence-electron chi connectivity index (χ0n) is 5.53. The minimum atomic E-state index is -3.25. The average molecular weight is 192 g/mol. The van der Waals surface area contributed by atoms with E-state index in [1.165, 1.54) is 0 Å². The second kappa shape index (κ2) is 9.30. The van der Waals surface area contributed by atoms with E-state index in [2.05, 4.69) is 8.99 Å². The lowest BCUT2D eigenvalue weighted by Gasteiger charge is -1.91. The third kappa shape index (κ3) is 11.1. The zero-order valence-corrected chi connectivity index (χ0v) is 7.53. The van der Waals surface area contributed by atoms with E-state index in [-0.39, 0.29) is 0 Å². The van der Waals surface area contributed by atoms with Crippen LogP contribution in [0.5, 0.6) is 0 Å². The summed E-state index contributed by atoms with van der Waals surface area (Å²) in [6.07, 6.45) is 0. The molecular weight excluding hydrogens is 182 g/mol. The molecular formula is C2H10O6P2. The van der Waals surface area contributed by atoms with E-state index in [0.717, 1.165) is 0 Å². The van der Waals surface area contributed by atoms with Crippen molar-refractivity contribution in [3.8, 4) is 0 Å².